The van der Waals surface area contributed by atoms with Gasteiger partial charge >= 0.3 is 0 Å². The Balaban J connectivity index is 1.41. The molecule has 0 radical (unpaired) electrons. The van der Waals surface area contributed by atoms with Crippen LogP contribution >= 0.6 is 0 Å². The number of imide groups is 1. The zero-order chi connectivity index (χ0) is 17.4. The number of nitrogens with one attached hydrogen (secondary N) is 1. The van der Waals surface area contributed by atoms with Crippen LogP contribution in [0.1, 0.15) is 20.7 Å². The molecule has 2 amide bonds. The molecule has 25 heavy (non-hydrogen) atoms. The van der Waals surface area contributed by atoms with Gasteiger partial charge in [-0.25, -0.2) is 9.29 Å². The zero-order valence-corrected chi connectivity index (χ0v) is 13.7. The molecule has 1 fully saturated rings. The van der Waals surface area contributed by atoms with E-state index in [1.165, 1.54) is 11.0 Å². The maximum atomic E-state index is 13.9. The fourth-order valence-electron chi connectivity index (χ4n) is 3.54. The van der Waals surface area contributed by atoms with E-state index in [-0.39, 0.29) is 17.6 Å². The minimum atomic E-state index is -0.218. The highest BCUT2D eigenvalue weighted by Gasteiger charge is 2.38. The van der Waals surface area contributed by atoms with Crippen LogP contribution in [-0.4, -0.2) is 49.6 Å². The maximum absolute atomic E-state index is 13.9. The van der Waals surface area contributed by atoms with Crippen molar-refractivity contribution in [1.82, 2.24) is 4.90 Å². The molecule has 5 nitrogen and oxygen atoms in total. The van der Waals surface area contributed by atoms with E-state index in [9.17, 15) is 14.0 Å². The Morgan fingerprint density at radius 3 is 2.04 bits per heavy atom. The molecule has 6 heteroatoms. The molecule has 2 heterocycles. The molecule has 2 aromatic rings. The van der Waals surface area contributed by atoms with Gasteiger partial charge in [0.25, 0.3) is 11.8 Å². The van der Waals surface area contributed by atoms with Gasteiger partial charge in [0.2, 0.25) is 0 Å². The van der Waals surface area contributed by atoms with Crippen LogP contribution in [0.2, 0.25) is 0 Å². The van der Waals surface area contributed by atoms with E-state index in [4.69, 9.17) is 0 Å². The molecule has 1 N–H and O–H groups in total. The van der Waals surface area contributed by atoms with E-state index in [2.05, 4.69) is 0 Å². The third kappa shape index (κ3) is 2.78. The number of piperazine rings is 1. The first kappa shape index (κ1) is 15.8. The number of fused-ring (bicyclic) bond motifs is 1. The first-order valence-corrected chi connectivity index (χ1v) is 8.43. The molecule has 4 rings (SSSR count). The van der Waals surface area contributed by atoms with Gasteiger partial charge in [-0.05, 0) is 24.3 Å². The standard InChI is InChI=1S/C19H18FN3O2/c20-16-7-3-4-8-17(16)22-11-9-21(10-12-22)13-23-18(24)14-5-1-2-6-15(14)19(23)25/h1-8H,9-13H2/p+1. The van der Waals surface area contributed by atoms with E-state index in [0.29, 0.717) is 36.6 Å². The number of hydrogen-bond acceptors (Lipinski definition) is 3. The normalized spacial score (nSPS) is 18.0. The van der Waals surface area contributed by atoms with E-state index in [1.807, 2.05) is 11.0 Å². The monoisotopic (exact) mass is 340 g/mol. The number of carbonyl (C=O) groups excluding carboxylic acids is 2. The SMILES string of the molecule is O=C1c2ccccc2C(=O)N1C[NH+]1CCN(c2ccccc2F)CC1. The van der Waals surface area contributed by atoms with Crippen molar-refractivity contribution in [1.29, 1.82) is 0 Å². The van der Waals surface area contributed by atoms with Gasteiger partial charge < -0.3 is 9.80 Å². The number of nitrogens with zero attached hydrogens (tertiary/aromatic N) is 2. The molecule has 0 bridgehead atoms. The van der Waals surface area contributed by atoms with Crippen LogP contribution < -0.4 is 9.80 Å². The fraction of sp³-hybridized carbons (Fsp3) is 0.263. The molecule has 2 aliphatic heterocycles. The number of carbonyl (C=O) groups is 2. The van der Waals surface area contributed by atoms with Crippen LogP contribution in [0, 0.1) is 5.82 Å². The first-order valence-electron chi connectivity index (χ1n) is 8.43. The number of rotatable bonds is 3. The maximum Gasteiger partial charge on any atom is 0.265 e. The molecular formula is C19H19FN3O2+. The Hall–Kier alpha value is -2.73. The van der Waals surface area contributed by atoms with Gasteiger partial charge in [-0.15, -0.1) is 0 Å². The Morgan fingerprint density at radius 2 is 1.44 bits per heavy atom. The summed E-state index contributed by atoms with van der Waals surface area (Å²) in [6.45, 7) is 3.25. The van der Waals surface area contributed by atoms with Crippen LogP contribution in [-0.2, 0) is 0 Å². The molecule has 2 aliphatic rings. The highest BCUT2D eigenvalue weighted by atomic mass is 19.1. The van der Waals surface area contributed by atoms with Crippen molar-refractivity contribution in [3.05, 3.63) is 65.5 Å². The van der Waals surface area contributed by atoms with Crippen molar-refractivity contribution in [2.24, 2.45) is 0 Å². The molecule has 1 saturated heterocycles. The van der Waals surface area contributed by atoms with Crippen molar-refractivity contribution in [3.8, 4) is 0 Å². The molecule has 0 unspecified atom stereocenters. The van der Waals surface area contributed by atoms with E-state index < -0.39 is 0 Å². The summed E-state index contributed by atoms with van der Waals surface area (Å²) in [6.07, 6.45) is 0. The molecule has 0 aliphatic carbocycles. The summed E-state index contributed by atoms with van der Waals surface area (Å²) in [5, 5.41) is 0. The smallest absolute Gasteiger partial charge is 0.265 e. The second-order valence-corrected chi connectivity index (χ2v) is 6.43. The molecule has 2 aromatic carbocycles. The predicted octanol–water partition coefficient (Wildman–Crippen LogP) is 0.784. The number of hydrogen-bond donors (Lipinski definition) is 1. The highest BCUT2D eigenvalue weighted by Crippen LogP contribution is 2.21. The van der Waals surface area contributed by atoms with Gasteiger partial charge in [-0.1, -0.05) is 24.3 Å². The van der Waals surface area contributed by atoms with Crippen molar-refractivity contribution >= 4 is 17.5 Å². The van der Waals surface area contributed by atoms with Crippen LogP contribution in [0.15, 0.2) is 48.5 Å². The zero-order valence-electron chi connectivity index (χ0n) is 13.7. The lowest BCUT2D eigenvalue weighted by atomic mass is 10.1. The van der Waals surface area contributed by atoms with Gasteiger partial charge in [0, 0.05) is 0 Å². The summed E-state index contributed by atoms with van der Waals surface area (Å²) in [5.74, 6) is -0.652. The first-order chi connectivity index (χ1) is 12.1. The Bertz CT molecular complexity index is 796. The van der Waals surface area contributed by atoms with Gasteiger partial charge in [-0.2, -0.15) is 0 Å². The summed E-state index contributed by atoms with van der Waals surface area (Å²) >= 11 is 0. The minimum Gasteiger partial charge on any atom is -0.358 e. The van der Waals surface area contributed by atoms with Crippen LogP contribution in [0.25, 0.3) is 0 Å². The summed E-state index contributed by atoms with van der Waals surface area (Å²) < 4.78 is 13.9. The average Bonchev–Trinajstić information content (AvgIpc) is 2.88. The summed E-state index contributed by atoms with van der Waals surface area (Å²) in [5.41, 5.74) is 1.58. The number of halogens is 1. The molecule has 0 atom stereocenters. The largest absolute Gasteiger partial charge is 0.358 e. The lowest BCUT2D eigenvalue weighted by Gasteiger charge is -2.34. The van der Waals surface area contributed by atoms with Crippen molar-refractivity contribution < 1.29 is 18.9 Å². The number of anilines is 1. The van der Waals surface area contributed by atoms with Crippen molar-refractivity contribution in [2.75, 3.05) is 37.7 Å². The van der Waals surface area contributed by atoms with E-state index in [1.54, 1.807) is 36.4 Å². The summed E-state index contributed by atoms with van der Waals surface area (Å²) in [4.78, 5) is 29.4. The molecule has 0 aromatic heterocycles. The Kier molecular flexibility index (Phi) is 3.97. The highest BCUT2D eigenvalue weighted by molar-refractivity contribution is 6.21. The number of benzene rings is 2. The Morgan fingerprint density at radius 1 is 0.880 bits per heavy atom. The second kappa shape index (κ2) is 6.29. The van der Waals surface area contributed by atoms with Crippen molar-refractivity contribution in [2.45, 2.75) is 0 Å². The lowest BCUT2D eigenvalue weighted by Crippen LogP contribution is -3.16. The van der Waals surface area contributed by atoms with Gasteiger partial charge in [-0.3, -0.25) is 9.59 Å². The topological polar surface area (TPSA) is 45.1 Å². The minimum absolute atomic E-state index is 0.216. The quantitative estimate of drug-likeness (QED) is 0.840. The predicted molar refractivity (Wildman–Crippen MR) is 91.1 cm³/mol. The van der Waals surface area contributed by atoms with Crippen LogP contribution in [0.5, 0.6) is 0 Å². The average molecular weight is 340 g/mol. The van der Waals surface area contributed by atoms with Gasteiger partial charge in [0.05, 0.1) is 43.0 Å². The third-order valence-electron chi connectivity index (χ3n) is 4.92. The number of para-hydroxylation sites is 1. The molecule has 0 saturated carbocycles. The van der Waals surface area contributed by atoms with E-state index >= 15 is 0 Å². The number of amides is 2. The van der Waals surface area contributed by atoms with Crippen molar-refractivity contribution in [3.63, 3.8) is 0 Å². The number of quaternary nitrogens is 1. The molecule has 0 spiro atoms. The summed E-state index contributed by atoms with van der Waals surface area (Å²) in [7, 11) is 0. The lowest BCUT2D eigenvalue weighted by molar-refractivity contribution is -0.907. The van der Waals surface area contributed by atoms with Crippen LogP contribution in [0.3, 0.4) is 0 Å². The van der Waals surface area contributed by atoms with Gasteiger partial charge in [0.15, 0.2) is 6.67 Å². The Labute approximate surface area is 145 Å². The second-order valence-electron chi connectivity index (χ2n) is 6.43. The van der Waals surface area contributed by atoms with Gasteiger partial charge in [0.1, 0.15) is 5.82 Å². The third-order valence-corrected chi connectivity index (χ3v) is 4.92. The molecule has 128 valence electrons. The van der Waals surface area contributed by atoms with Crippen LogP contribution in [0.4, 0.5) is 10.1 Å². The van der Waals surface area contributed by atoms with E-state index in [0.717, 1.165) is 18.0 Å². The molecular weight excluding hydrogens is 321 g/mol. The fourth-order valence-corrected chi connectivity index (χ4v) is 3.54. The summed E-state index contributed by atoms with van der Waals surface area (Å²) in [6, 6.07) is 13.7.